The third-order valence-corrected chi connectivity index (χ3v) is 3.96. The van der Waals surface area contributed by atoms with Gasteiger partial charge in [0.1, 0.15) is 0 Å². The Morgan fingerprint density at radius 3 is 2.76 bits per heavy atom. The summed E-state index contributed by atoms with van der Waals surface area (Å²) in [6.07, 6.45) is 2.13. The molecule has 0 aromatic carbocycles. The van der Waals surface area contributed by atoms with Crippen molar-refractivity contribution in [2.75, 3.05) is 0 Å². The molecule has 2 aromatic rings. The van der Waals surface area contributed by atoms with Crippen LogP contribution in [0, 0.1) is 13.8 Å². The van der Waals surface area contributed by atoms with Gasteiger partial charge in [-0.2, -0.15) is 5.10 Å². The van der Waals surface area contributed by atoms with Gasteiger partial charge in [-0.1, -0.05) is 0 Å². The highest BCUT2D eigenvalue weighted by atomic mass is 32.1. The minimum atomic E-state index is 0.892. The van der Waals surface area contributed by atoms with E-state index >= 15 is 0 Å². The van der Waals surface area contributed by atoms with E-state index in [1.807, 2.05) is 16.0 Å². The second-order valence-electron chi connectivity index (χ2n) is 4.23. The van der Waals surface area contributed by atoms with Crippen molar-refractivity contribution in [2.24, 2.45) is 0 Å². The predicted molar refractivity (Wildman–Crippen MR) is 72.2 cm³/mol. The second-order valence-corrected chi connectivity index (χ2v) is 5.23. The number of rotatable bonds is 5. The number of hydrogen-bond acceptors (Lipinski definition) is 3. The number of nitrogens with zero attached hydrogens (tertiary/aromatic N) is 2. The zero-order valence-electron chi connectivity index (χ0n) is 10.7. The van der Waals surface area contributed by atoms with Crippen molar-refractivity contribution in [3.05, 3.63) is 39.3 Å². The predicted octanol–water partition coefficient (Wildman–Crippen LogP) is 2.87. The van der Waals surface area contributed by atoms with Crippen LogP contribution in [0.1, 0.15) is 28.6 Å². The normalized spacial score (nSPS) is 11.0. The summed E-state index contributed by atoms with van der Waals surface area (Å²) in [5, 5.41) is 10.1. The molecule has 0 bridgehead atoms. The summed E-state index contributed by atoms with van der Waals surface area (Å²) in [6, 6.07) is 2.17. The summed E-state index contributed by atoms with van der Waals surface area (Å²) in [5.74, 6) is 0. The van der Waals surface area contributed by atoms with Crippen LogP contribution in [0.25, 0.3) is 0 Å². The summed E-state index contributed by atoms with van der Waals surface area (Å²) in [6.45, 7) is 9.11. The van der Waals surface area contributed by atoms with Crippen LogP contribution in [0.4, 0.5) is 0 Å². The number of thiophene rings is 1. The average Bonchev–Trinajstić information content (AvgIpc) is 2.87. The van der Waals surface area contributed by atoms with Crippen LogP contribution >= 0.6 is 11.3 Å². The summed E-state index contributed by atoms with van der Waals surface area (Å²) in [7, 11) is 0. The lowest BCUT2D eigenvalue weighted by Gasteiger charge is -2.03. The molecule has 0 fully saturated rings. The van der Waals surface area contributed by atoms with Crippen LogP contribution in [-0.4, -0.2) is 9.78 Å². The van der Waals surface area contributed by atoms with E-state index in [-0.39, 0.29) is 0 Å². The lowest BCUT2D eigenvalue weighted by atomic mass is 10.2. The number of aryl methyl sites for hydroxylation is 3. The molecule has 4 heteroatoms. The number of nitrogens with one attached hydrogen (secondary N) is 1. The Bertz CT molecular complexity index is 485. The molecule has 0 aliphatic carbocycles. The van der Waals surface area contributed by atoms with E-state index in [1.165, 1.54) is 16.0 Å². The molecule has 0 unspecified atom stereocenters. The van der Waals surface area contributed by atoms with E-state index in [1.54, 1.807) is 0 Å². The Balaban J connectivity index is 1.90. The Morgan fingerprint density at radius 2 is 2.18 bits per heavy atom. The molecule has 0 aliphatic rings. The highest BCUT2D eigenvalue weighted by molar-refractivity contribution is 7.10. The number of hydrogen-bond donors (Lipinski definition) is 1. The fourth-order valence-corrected chi connectivity index (χ4v) is 2.67. The van der Waals surface area contributed by atoms with Gasteiger partial charge in [-0.25, -0.2) is 0 Å². The van der Waals surface area contributed by atoms with Gasteiger partial charge in [-0.05, 0) is 37.8 Å². The van der Waals surface area contributed by atoms with Crippen LogP contribution in [0.3, 0.4) is 0 Å². The molecule has 17 heavy (non-hydrogen) atoms. The molecule has 0 spiro atoms. The van der Waals surface area contributed by atoms with Gasteiger partial charge in [-0.3, -0.25) is 4.68 Å². The summed E-state index contributed by atoms with van der Waals surface area (Å²) >= 11 is 1.82. The Morgan fingerprint density at radius 1 is 1.35 bits per heavy atom. The van der Waals surface area contributed by atoms with Crippen molar-refractivity contribution in [3.8, 4) is 0 Å². The molecule has 1 N–H and O–H groups in total. The van der Waals surface area contributed by atoms with Gasteiger partial charge in [0.15, 0.2) is 0 Å². The topological polar surface area (TPSA) is 29.9 Å². The van der Waals surface area contributed by atoms with E-state index < -0.39 is 0 Å². The highest BCUT2D eigenvalue weighted by Gasteiger charge is 2.04. The number of aromatic nitrogens is 2. The quantitative estimate of drug-likeness (QED) is 0.883. The first-order valence-electron chi connectivity index (χ1n) is 5.97. The first-order valence-corrected chi connectivity index (χ1v) is 6.85. The largest absolute Gasteiger partial charge is 0.308 e. The molecule has 2 heterocycles. The molecule has 0 saturated carbocycles. The van der Waals surface area contributed by atoms with Gasteiger partial charge in [0, 0.05) is 36.3 Å². The third kappa shape index (κ3) is 2.96. The third-order valence-electron chi connectivity index (χ3n) is 2.94. The zero-order valence-corrected chi connectivity index (χ0v) is 11.5. The maximum absolute atomic E-state index is 4.44. The maximum atomic E-state index is 4.44. The van der Waals surface area contributed by atoms with E-state index in [2.05, 4.69) is 48.8 Å². The monoisotopic (exact) mass is 249 g/mol. The first kappa shape index (κ1) is 12.3. The first-order chi connectivity index (χ1) is 8.20. The Hall–Kier alpha value is -1.13. The summed E-state index contributed by atoms with van der Waals surface area (Å²) in [5.41, 5.74) is 3.80. The van der Waals surface area contributed by atoms with Crippen LogP contribution in [0.15, 0.2) is 17.6 Å². The minimum Gasteiger partial charge on any atom is -0.308 e. The van der Waals surface area contributed by atoms with Crippen molar-refractivity contribution in [1.29, 1.82) is 0 Å². The summed E-state index contributed by atoms with van der Waals surface area (Å²) < 4.78 is 1.99. The Kier molecular flexibility index (Phi) is 3.97. The maximum Gasteiger partial charge on any atom is 0.0638 e. The molecule has 0 aliphatic heterocycles. The average molecular weight is 249 g/mol. The van der Waals surface area contributed by atoms with Crippen molar-refractivity contribution in [3.63, 3.8) is 0 Å². The Labute approximate surface area is 106 Å². The van der Waals surface area contributed by atoms with Gasteiger partial charge in [0.05, 0.1) is 5.69 Å². The highest BCUT2D eigenvalue weighted by Crippen LogP contribution is 2.15. The zero-order chi connectivity index (χ0) is 12.3. The van der Waals surface area contributed by atoms with Crippen molar-refractivity contribution in [2.45, 2.75) is 40.4 Å². The van der Waals surface area contributed by atoms with E-state index in [9.17, 15) is 0 Å². The summed E-state index contributed by atoms with van der Waals surface area (Å²) in [4.78, 5) is 1.42. The molecule has 92 valence electrons. The molecule has 0 radical (unpaired) electrons. The molecule has 2 aromatic heterocycles. The van der Waals surface area contributed by atoms with E-state index in [0.29, 0.717) is 0 Å². The second kappa shape index (κ2) is 5.47. The van der Waals surface area contributed by atoms with Crippen LogP contribution in [0.5, 0.6) is 0 Å². The van der Waals surface area contributed by atoms with Crippen LogP contribution in [0.2, 0.25) is 0 Å². The van der Waals surface area contributed by atoms with E-state index in [4.69, 9.17) is 0 Å². The minimum absolute atomic E-state index is 0.892. The van der Waals surface area contributed by atoms with Gasteiger partial charge >= 0.3 is 0 Å². The SMILES string of the molecule is CCn1cc(CNCc2sccc2C)c(C)n1. The molecule has 3 nitrogen and oxygen atoms in total. The fraction of sp³-hybridized carbons (Fsp3) is 0.462. The van der Waals surface area contributed by atoms with Gasteiger partial charge < -0.3 is 5.32 Å². The molecule has 2 rings (SSSR count). The fourth-order valence-electron chi connectivity index (χ4n) is 1.79. The van der Waals surface area contributed by atoms with Crippen LogP contribution in [-0.2, 0) is 19.6 Å². The van der Waals surface area contributed by atoms with Crippen molar-refractivity contribution >= 4 is 11.3 Å². The molecule has 0 saturated heterocycles. The van der Waals surface area contributed by atoms with Crippen LogP contribution < -0.4 is 5.32 Å². The standard InChI is InChI=1S/C13H19N3S/c1-4-16-9-12(11(3)15-16)7-14-8-13-10(2)5-6-17-13/h5-6,9,14H,4,7-8H2,1-3H3. The van der Waals surface area contributed by atoms with Crippen molar-refractivity contribution in [1.82, 2.24) is 15.1 Å². The van der Waals surface area contributed by atoms with Gasteiger partial charge in [0.25, 0.3) is 0 Å². The smallest absolute Gasteiger partial charge is 0.0638 e. The lowest BCUT2D eigenvalue weighted by Crippen LogP contribution is -2.12. The van der Waals surface area contributed by atoms with Gasteiger partial charge in [0.2, 0.25) is 0 Å². The van der Waals surface area contributed by atoms with E-state index in [0.717, 1.165) is 25.3 Å². The molecule has 0 amide bonds. The molecular weight excluding hydrogens is 230 g/mol. The molecular formula is C13H19N3S. The van der Waals surface area contributed by atoms with Gasteiger partial charge in [-0.15, -0.1) is 11.3 Å². The molecule has 0 atom stereocenters. The lowest BCUT2D eigenvalue weighted by molar-refractivity contribution is 0.652. The van der Waals surface area contributed by atoms with Crippen molar-refractivity contribution < 1.29 is 0 Å².